The second kappa shape index (κ2) is 5.71. The van der Waals surface area contributed by atoms with Crippen LogP contribution in [0.1, 0.15) is 30.7 Å². The number of halogens is 1. The van der Waals surface area contributed by atoms with E-state index in [2.05, 4.69) is 18.3 Å². The normalized spacial score (nSPS) is 17.0. The first-order chi connectivity index (χ1) is 7.83. The van der Waals surface area contributed by atoms with Gasteiger partial charge in [-0.3, -0.25) is 0 Å². The van der Waals surface area contributed by atoms with E-state index in [1.165, 1.54) is 0 Å². The maximum absolute atomic E-state index is 6.18. The molecule has 2 nitrogen and oxygen atoms in total. The van der Waals surface area contributed by atoms with Gasteiger partial charge in [-0.15, -0.1) is 11.3 Å². The lowest BCUT2D eigenvalue weighted by Gasteiger charge is -2.18. The quantitative estimate of drug-likeness (QED) is 0.868. The Balaban J connectivity index is 2.17. The number of hydrogen-bond acceptors (Lipinski definition) is 3. The van der Waals surface area contributed by atoms with Crippen LogP contribution < -0.4 is 5.32 Å². The highest BCUT2D eigenvalue weighted by molar-refractivity contribution is 7.10. The molecule has 16 heavy (non-hydrogen) atoms. The van der Waals surface area contributed by atoms with Crippen LogP contribution >= 0.6 is 22.9 Å². The molecule has 4 heteroatoms. The average Bonchev–Trinajstić information content (AvgIpc) is 2.91. The SMILES string of the molecule is CCCNC(C1=CCCO1)c1sccc1Cl. The molecular formula is C12H16ClNOS. The van der Waals surface area contributed by atoms with Gasteiger partial charge in [0.05, 0.1) is 11.6 Å². The number of ether oxygens (including phenoxy) is 1. The van der Waals surface area contributed by atoms with Crippen molar-refractivity contribution in [3.05, 3.63) is 33.2 Å². The third kappa shape index (κ3) is 2.59. The minimum atomic E-state index is 0.134. The molecule has 1 aromatic rings. The highest BCUT2D eigenvalue weighted by Crippen LogP contribution is 2.34. The van der Waals surface area contributed by atoms with E-state index in [1.807, 2.05) is 11.4 Å². The Morgan fingerprint density at radius 1 is 1.62 bits per heavy atom. The molecule has 0 saturated carbocycles. The van der Waals surface area contributed by atoms with Gasteiger partial charge in [0, 0.05) is 11.3 Å². The van der Waals surface area contributed by atoms with Gasteiger partial charge in [0.1, 0.15) is 11.8 Å². The summed E-state index contributed by atoms with van der Waals surface area (Å²) >= 11 is 7.86. The van der Waals surface area contributed by atoms with Crippen LogP contribution in [0.4, 0.5) is 0 Å². The molecule has 1 N–H and O–H groups in total. The zero-order valence-corrected chi connectivity index (χ0v) is 10.9. The molecule has 0 aromatic carbocycles. The summed E-state index contributed by atoms with van der Waals surface area (Å²) in [7, 11) is 0. The maximum Gasteiger partial charge on any atom is 0.114 e. The smallest absolute Gasteiger partial charge is 0.114 e. The van der Waals surface area contributed by atoms with Crippen LogP contribution in [0.15, 0.2) is 23.3 Å². The van der Waals surface area contributed by atoms with E-state index < -0.39 is 0 Å². The van der Waals surface area contributed by atoms with Crippen molar-refractivity contribution < 1.29 is 4.74 Å². The Morgan fingerprint density at radius 3 is 3.06 bits per heavy atom. The lowest BCUT2D eigenvalue weighted by molar-refractivity contribution is 0.216. The molecule has 0 bridgehead atoms. The molecule has 1 aromatic heterocycles. The van der Waals surface area contributed by atoms with Crippen molar-refractivity contribution >= 4 is 22.9 Å². The fraction of sp³-hybridized carbons (Fsp3) is 0.500. The number of thiophene rings is 1. The summed E-state index contributed by atoms with van der Waals surface area (Å²) < 4.78 is 5.64. The van der Waals surface area contributed by atoms with Crippen LogP contribution in [-0.2, 0) is 4.74 Å². The Morgan fingerprint density at radius 2 is 2.50 bits per heavy atom. The molecule has 1 aliphatic rings. The van der Waals surface area contributed by atoms with Crippen LogP contribution in [-0.4, -0.2) is 13.2 Å². The lowest BCUT2D eigenvalue weighted by Crippen LogP contribution is -2.23. The van der Waals surface area contributed by atoms with Gasteiger partial charge in [-0.05, 0) is 30.5 Å². The highest BCUT2D eigenvalue weighted by atomic mass is 35.5. The molecule has 0 saturated heterocycles. The number of nitrogens with one attached hydrogen (secondary N) is 1. The predicted octanol–water partition coefficient (Wildman–Crippen LogP) is 3.75. The van der Waals surface area contributed by atoms with Crippen LogP contribution in [0.25, 0.3) is 0 Å². The van der Waals surface area contributed by atoms with E-state index in [1.54, 1.807) is 11.3 Å². The maximum atomic E-state index is 6.18. The monoisotopic (exact) mass is 257 g/mol. The van der Waals surface area contributed by atoms with E-state index in [-0.39, 0.29) is 6.04 Å². The first kappa shape index (κ1) is 12.0. The van der Waals surface area contributed by atoms with E-state index in [0.29, 0.717) is 0 Å². The van der Waals surface area contributed by atoms with Crippen LogP contribution in [0.5, 0.6) is 0 Å². The third-order valence-corrected chi connectivity index (χ3v) is 3.95. The summed E-state index contributed by atoms with van der Waals surface area (Å²) in [4.78, 5) is 1.16. The fourth-order valence-electron chi connectivity index (χ4n) is 1.76. The molecule has 0 amide bonds. The Hall–Kier alpha value is -0.510. The topological polar surface area (TPSA) is 21.3 Å². The fourth-order valence-corrected chi connectivity index (χ4v) is 3.01. The van der Waals surface area contributed by atoms with Crippen molar-refractivity contribution in [3.63, 3.8) is 0 Å². The first-order valence-corrected chi connectivity index (χ1v) is 6.87. The van der Waals surface area contributed by atoms with Crippen molar-refractivity contribution in [2.24, 2.45) is 0 Å². The Bertz CT molecular complexity index is 375. The van der Waals surface area contributed by atoms with Crippen LogP contribution in [0.2, 0.25) is 5.02 Å². The van der Waals surface area contributed by atoms with Crippen molar-refractivity contribution in [2.75, 3.05) is 13.2 Å². The van der Waals surface area contributed by atoms with E-state index >= 15 is 0 Å². The number of hydrogen-bond donors (Lipinski definition) is 1. The predicted molar refractivity (Wildman–Crippen MR) is 69.0 cm³/mol. The molecule has 88 valence electrons. The first-order valence-electron chi connectivity index (χ1n) is 5.62. The molecule has 1 unspecified atom stereocenters. The zero-order valence-electron chi connectivity index (χ0n) is 9.33. The summed E-state index contributed by atoms with van der Waals surface area (Å²) in [6.07, 6.45) is 4.26. The van der Waals surface area contributed by atoms with Gasteiger partial charge < -0.3 is 10.1 Å². The Labute approximate surface area is 105 Å². The van der Waals surface area contributed by atoms with Gasteiger partial charge in [0.15, 0.2) is 0 Å². The molecule has 1 aliphatic heterocycles. The van der Waals surface area contributed by atoms with Crippen LogP contribution in [0.3, 0.4) is 0 Å². The summed E-state index contributed by atoms with van der Waals surface area (Å²) in [6, 6.07) is 2.08. The van der Waals surface area contributed by atoms with Gasteiger partial charge in [0.25, 0.3) is 0 Å². The molecule has 0 aliphatic carbocycles. The Kier molecular flexibility index (Phi) is 4.27. The van der Waals surface area contributed by atoms with Crippen molar-refractivity contribution in [1.29, 1.82) is 0 Å². The summed E-state index contributed by atoms with van der Waals surface area (Å²) in [5.74, 6) is 1.03. The van der Waals surface area contributed by atoms with Crippen LogP contribution in [0, 0.1) is 0 Å². The summed E-state index contributed by atoms with van der Waals surface area (Å²) in [6.45, 7) is 3.92. The minimum absolute atomic E-state index is 0.134. The summed E-state index contributed by atoms with van der Waals surface area (Å²) in [5, 5.41) is 6.34. The third-order valence-electron chi connectivity index (χ3n) is 2.52. The lowest BCUT2D eigenvalue weighted by atomic mass is 10.2. The molecule has 0 spiro atoms. The summed E-state index contributed by atoms with van der Waals surface area (Å²) in [5.41, 5.74) is 0. The van der Waals surface area contributed by atoms with Gasteiger partial charge >= 0.3 is 0 Å². The van der Waals surface area contributed by atoms with E-state index in [0.717, 1.165) is 41.7 Å². The van der Waals surface area contributed by atoms with E-state index in [9.17, 15) is 0 Å². The molecule has 0 fully saturated rings. The molecule has 1 atom stereocenters. The van der Waals surface area contributed by atoms with Crippen molar-refractivity contribution in [1.82, 2.24) is 5.32 Å². The van der Waals surface area contributed by atoms with Crippen molar-refractivity contribution in [3.8, 4) is 0 Å². The van der Waals surface area contributed by atoms with Gasteiger partial charge in [-0.25, -0.2) is 0 Å². The standard InChI is InChI=1S/C12H16ClNOS/c1-2-6-14-11(10-4-3-7-15-10)12-9(13)5-8-16-12/h4-5,8,11,14H,2-3,6-7H2,1H3. The second-order valence-corrected chi connectivity index (χ2v) is 5.12. The minimum Gasteiger partial charge on any atom is -0.496 e. The highest BCUT2D eigenvalue weighted by Gasteiger charge is 2.23. The van der Waals surface area contributed by atoms with Gasteiger partial charge in [0.2, 0.25) is 0 Å². The average molecular weight is 258 g/mol. The van der Waals surface area contributed by atoms with Gasteiger partial charge in [-0.2, -0.15) is 0 Å². The van der Waals surface area contributed by atoms with E-state index in [4.69, 9.17) is 16.3 Å². The molecule has 0 radical (unpaired) electrons. The second-order valence-electron chi connectivity index (χ2n) is 3.76. The number of rotatable bonds is 5. The molecule has 2 heterocycles. The molecular weight excluding hydrogens is 242 g/mol. The zero-order chi connectivity index (χ0) is 11.4. The largest absolute Gasteiger partial charge is 0.496 e. The van der Waals surface area contributed by atoms with Crippen molar-refractivity contribution in [2.45, 2.75) is 25.8 Å². The van der Waals surface area contributed by atoms with Gasteiger partial charge in [-0.1, -0.05) is 18.5 Å². The molecule has 2 rings (SSSR count).